The lowest BCUT2D eigenvalue weighted by Gasteiger charge is -2.37. The van der Waals surface area contributed by atoms with Gasteiger partial charge in [-0.25, -0.2) is 10.9 Å². The van der Waals surface area contributed by atoms with E-state index in [1.807, 2.05) is 29.2 Å². The molecule has 2 atom stereocenters. The first kappa shape index (κ1) is 19.9. The number of aryl methyl sites for hydroxylation is 1. The summed E-state index contributed by atoms with van der Waals surface area (Å²) >= 11 is 0. The number of piperazine rings is 1. The highest BCUT2D eigenvalue weighted by Crippen LogP contribution is 2.26. The third-order valence-electron chi connectivity index (χ3n) is 5.95. The van der Waals surface area contributed by atoms with Crippen LogP contribution in [0.1, 0.15) is 29.2 Å². The van der Waals surface area contributed by atoms with Gasteiger partial charge in [0.05, 0.1) is 19.7 Å². The summed E-state index contributed by atoms with van der Waals surface area (Å²) in [7, 11) is 1.69. The van der Waals surface area contributed by atoms with Crippen molar-refractivity contribution in [3.05, 3.63) is 65.2 Å². The van der Waals surface area contributed by atoms with Crippen molar-refractivity contribution in [3.8, 4) is 5.75 Å². The van der Waals surface area contributed by atoms with Gasteiger partial charge >= 0.3 is 0 Å². The second-order valence-electron chi connectivity index (χ2n) is 7.95. The number of nitrogens with one attached hydrogen (secondary N) is 2. The zero-order chi connectivity index (χ0) is 20.2. The number of carbonyl (C=O) groups excluding carboxylic acids is 1. The number of amides is 1. The normalized spacial score (nSPS) is 22.6. The first-order valence-electron chi connectivity index (χ1n) is 10.3. The SMILES string of the molecule is COc1ccc(C2CC(N3CCN(C(=O)Cc4cccc(C)c4)CC3)NN2)cc1. The summed E-state index contributed by atoms with van der Waals surface area (Å²) in [6, 6.07) is 16.7. The molecule has 0 spiro atoms. The second-order valence-corrected chi connectivity index (χ2v) is 7.95. The smallest absolute Gasteiger partial charge is 0.227 e. The average molecular weight is 395 g/mol. The predicted octanol–water partition coefficient (Wildman–Crippen LogP) is 2.26. The van der Waals surface area contributed by atoms with Crippen LogP contribution in [0, 0.1) is 6.92 Å². The minimum atomic E-state index is 0.226. The van der Waals surface area contributed by atoms with E-state index in [2.05, 4.69) is 46.9 Å². The van der Waals surface area contributed by atoms with Crippen molar-refractivity contribution in [1.29, 1.82) is 0 Å². The molecule has 2 N–H and O–H groups in total. The van der Waals surface area contributed by atoms with Crippen LogP contribution >= 0.6 is 0 Å². The van der Waals surface area contributed by atoms with Crippen LogP contribution in [0.3, 0.4) is 0 Å². The Kier molecular flexibility index (Phi) is 6.13. The van der Waals surface area contributed by atoms with Gasteiger partial charge in [0.15, 0.2) is 0 Å². The third kappa shape index (κ3) is 4.78. The number of nitrogens with zero attached hydrogens (tertiary/aromatic N) is 2. The molecule has 154 valence electrons. The van der Waals surface area contributed by atoms with Gasteiger partial charge in [-0.2, -0.15) is 0 Å². The maximum atomic E-state index is 12.7. The van der Waals surface area contributed by atoms with E-state index in [0.29, 0.717) is 6.42 Å². The number of carbonyl (C=O) groups is 1. The summed E-state index contributed by atoms with van der Waals surface area (Å²) in [5.41, 5.74) is 10.4. The first-order chi connectivity index (χ1) is 14.1. The molecule has 2 aromatic carbocycles. The van der Waals surface area contributed by atoms with Crippen molar-refractivity contribution in [2.24, 2.45) is 0 Å². The molecule has 1 amide bonds. The number of ether oxygens (including phenoxy) is 1. The Morgan fingerprint density at radius 2 is 1.83 bits per heavy atom. The molecule has 2 aromatic rings. The number of hydrogen-bond acceptors (Lipinski definition) is 5. The van der Waals surface area contributed by atoms with Gasteiger partial charge in [-0.3, -0.25) is 9.69 Å². The van der Waals surface area contributed by atoms with Crippen molar-refractivity contribution >= 4 is 5.91 Å². The average Bonchev–Trinajstić information content (AvgIpc) is 3.24. The molecule has 0 radical (unpaired) electrons. The van der Waals surface area contributed by atoms with E-state index in [1.54, 1.807) is 7.11 Å². The van der Waals surface area contributed by atoms with Crippen molar-refractivity contribution in [2.75, 3.05) is 33.3 Å². The highest BCUT2D eigenvalue weighted by Gasteiger charge is 2.32. The first-order valence-corrected chi connectivity index (χ1v) is 10.3. The van der Waals surface area contributed by atoms with E-state index < -0.39 is 0 Å². The van der Waals surface area contributed by atoms with Gasteiger partial charge in [0.2, 0.25) is 5.91 Å². The minimum Gasteiger partial charge on any atom is -0.497 e. The van der Waals surface area contributed by atoms with Crippen molar-refractivity contribution in [3.63, 3.8) is 0 Å². The van der Waals surface area contributed by atoms with Crippen LogP contribution in [0.15, 0.2) is 48.5 Å². The highest BCUT2D eigenvalue weighted by molar-refractivity contribution is 5.79. The molecular formula is C23H30N4O2. The number of hydrogen-bond donors (Lipinski definition) is 2. The van der Waals surface area contributed by atoms with E-state index in [0.717, 1.165) is 43.9 Å². The molecule has 0 aliphatic carbocycles. The number of hydrazine groups is 1. The van der Waals surface area contributed by atoms with Crippen LogP contribution in [-0.2, 0) is 11.2 Å². The summed E-state index contributed by atoms with van der Waals surface area (Å²) in [5, 5.41) is 0. The Morgan fingerprint density at radius 1 is 1.07 bits per heavy atom. The van der Waals surface area contributed by atoms with Gasteiger partial charge in [0, 0.05) is 32.2 Å². The summed E-state index contributed by atoms with van der Waals surface area (Å²) in [6.45, 7) is 5.43. The van der Waals surface area contributed by atoms with Crippen LogP contribution in [0.5, 0.6) is 5.75 Å². The van der Waals surface area contributed by atoms with E-state index in [1.165, 1.54) is 11.1 Å². The molecule has 4 rings (SSSR count). The molecule has 2 unspecified atom stereocenters. The van der Waals surface area contributed by atoms with Crippen LogP contribution < -0.4 is 15.6 Å². The largest absolute Gasteiger partial charge is 0.497 e. The van der Waals surface area contributed by atoms with E-state index in [9.17, 15) is 4.79 Å². The van der Waals surface area contributed by atoms with Crippen LogP contribution in [-0.4, -0.2) is 55.2 Å². The molecule has 0 saturated carbocycles. The molecule has 6 heteroatoms. The van der Waals surface area contributed by atoms with Gasteiger partial charge in [-0.05, 0) is 36.6 Å². The molecular weight excluding hydrogens is 364 g/mol. The third-order valence-corrected chi connectivity index (χ3v) is 5.95. The predicted molar refractivity (Wildman–Crippen MR) is 113 cm³/mol. The van der Waals surface area contributed by atoms with Crippen LogP contribution in [0.25, 0.3) is 0 Å². The zero-order valence-electron chi connectivity index (χ0n) is 17.2. The van der Waals surface area contributed by atoms with Crippen molar-refractivity contribution in [1.82, 2.24) is 20.7 Å². The lowest BCUT2D eigenvalue weighted by atomic mass is 10.0. The molecule has 0 bridgehead atoms. The van der Waals surface area contributed by atoms with E-state index in [-0.39, 0.29) is 18.1 Å². The molecule has 2 aliphatic heterocycles. The standard InChI is InChI=1S/C23H30N4O2/c1-17-4-3-5-18(14-17)15-23(28)27-12-10-26(11-13-27)22-16-21(24-25-22)19-6-8-20(29-2)9-7-19/h3-9,14,21-22,24-25H,10-13,15-16H2,1-2H3. The minimum absolute atomic E-state index is 0.226. The van der Waals surface area contributed by atoms with Gasteiger partial charge < -0.3 is 9.64 Å². The summed E-state index contributed by atoms with van der Waals surface area (Å²) in [6.07, 6.45) is 1.78. The number of rotatable bonds is 5. The Labute approximate surface area is 172 Å². The van der Waals surface area contributed by atoms with Crippen molar-refractivity contribution in [2.45, 2.75) is 32.0 Å². The van der Waals surface area contributed by atoms with Crippen molar-refractivity contribution < 1.29 is 9.53 Å². The monoisotopic (exact) mass is 394 g/mol. The Balaban J connectivity index is 1.26. The highest BCUT2D eigenvalue weighted by atomic mass is 16.5. The zero-order valence-corrected chi connectivity index (χ0v) is 17.2. The Bertz CT molecular complexity index is 831. The Morgan fingerprint density at radius 3 is 2.52 bits per heavy atom. The molecule has 29 heavy (non-hydrogen) atoms. The van der Waals surface area contributed by atoms with Gasteiger partial charge in [-0.1, -0.05) is 42.0 Å². The lowest BCUT2D eigenvalue weighted by molar-refractivity contribution is -0.132. The van der Waals surface area contributed by atoms with E-state index >= 15 is 0 Å². The fourth-order valence-electron chi connectivity index (χ4n) is 4.23. The van der Waals surface area contributed by atoms with Crippen LogP contribution in [0.4, 0.5) is 0 Å². The number of methoxy groups -OCH3 is 1. The second kappa shape index (κ2) is 8.95. The molecule has 6 nitrogen and oxygen atoms in total. The quantitative estimate of drug-likeness (QED) is 0.815. The molecule has 2 heterocycles. The summed E-state index contributed by atoms with van der Waals surface area (Å²) < 4.78 is 5.24. The molecule has 2 fully saturated rings. The summed E-state index contributed by atoms with van der Waals surface area (Å²) in [5.74, 6) is 1.10. The van der Waals surface area contributed by atoms with Gasteiger partial charge in [0.25, 0.3) is 0 Å². The molecule has 0 aromatic heterocycles. The molecule has 2 aliphatic rings. The fraction of sp³-hybridized carbons (Fsp3) is 0.435. The lowest BCUT2D eigenvalue weighted by Crippen LogP contribution is -2.55. The topological polar surface area (TPSA) is 56.8 Å². The van der Waals surface area contributed by atoms with Crippen LogP contribution in [0.2, 0.25) is 0 Å². The van der Waals surface area contributed by atoms with E-state index in [4.69, 9.17) is 4.74 Å². The molecule has 2 saturated heterocycles. The van der Waals surface area contributed by atoms with Gasteiger partial charge in [0.1, 0.15) is 5.75 Å². The maximum absolute atomic E-state index is 12.7. The Hall–Kier alpha value is -2.41. The van der Waals surface area contributed by atoms with Gasteiger partial charge in [-0.15, -0.1) is 0 Å². The maximum Gasteiger partial charge on any atom is 0.227 e. The summed E-state index contributed by atoms with van der Waals surface area (Å²) in [4.78, 5) is 17.1. The fourth-order valence-corrected chi connectivity index (χ4v) is 4.23. The number of benzene rings is 2.